The van der Waals surface area contributed by atoms with Crippen molar-refractivity contribution in [2.45, 2.75) is 58.2 Å². The number of nitrogens with one attached hydrogen (secondary N) is 3. The van der Waals surface area contributed by atoms with Gasteiger partial charge >= 0.3 is 17.9 Å². The summed E-state index contributed by atoms with van der Waals surface area (Å²) in [7, 11) is 0. The number of nitrogens with zero attached hydrogens (tertiary/aromatic N) is 1. The highest BCUT2D eigenvalue weighted by Crippen LogP contribution is 2.34. The predicted molar refractivity (Wildman–Crippen MR) is 229 cm³/mol. The van der Waals surface area contributed by atoms with Gasteiger partial charge in [0.1, 0.15) is 34.0 Å². The molecule has 13 nitrogen and oxygen atoms in total. The first-order valence-corrected chi connectivity index (χ1v) is 21.7. The molecular formula is C48H54N4O9. The first-order valence-electron chi connectivity index (χ1n) is 21.7. The van der Waals surface area contributed by atoms with Crippen molar-refractivity contribution in [3.05, 3.63) is 107 Å². The average molecular weight is 831 g/mol. The van der Waals surface area contributed by atoms with Crippen LogP contribution in [-0.2, 0) is 53.3 Å². The molecule has 0 radical (unpaired) electrons. The van der Waals surface area contributed by atoms with Gasteiger partial charge in [0, 0.05) is 16.2 Å². The van der Waals surface area contributed by atoms with Crippen molar-refractivity contribution in [3.63, 3.8) is 0 Å². The van der Waals surface area contributed by atoms with Crippen LogP contribution in [0.25, 0.3) is 32.9 Å². The largest absolute Gasteiger partial charge is 0.481 e. The van der Waals surface area contributed by atoms with Crippen LogP contribution in [0.2, 0.25) is 0 Å². The highest BCUT2D eigenvalue weighted by atomic mass is 16.4. The van der Waals surface area contributed by atoms with Crippen molar-refractivity contribution in [1.82, 2.24) is 20.9 Å². The summed E-state index contributed by atoms with van der Waals surface area (Å²) in [5.74, 6) is -1.58. The van der Waals surface area contributed by atoms with Crippen LogP contribution in [0.5, 0.6) is 0 Å². The lowest BCUT2D eigenvalue weighted by molar-refractivity contribution is -0.144. The molecule has 6 heterocycles. The summed E-state index contributed by atoms with van der Waals surface area (Å²) in [6.45, 7) is 5.69. The van der Waals surface area contributed by atoms with Gasteiger partial charge in [-0.3, -0.25) is 19.3 Å². The number of hydrogen-bond donors (Lipinski definition) is 6. The Labute approximate surface area is 353 Å². The van der Waals surface area contributed by atoms with Gasteiger partial charge in [-0.05, 0) is 149 Å². The topological polar surface area (TPSA) is 191 Å². The maximum atomic E-state index is 12.4. The van der Waals surface area contributed by atoms with Crippen LogP contribution >= 0.6 is 0 Å². The fourth-order valence-electron chi connectivity index (χ4n) is 10.3. The Morgan fingerprint density at radius 1 is 0.525 bits per heavy atom. The molecule has 3 saturated heterocycles. The molecule has 0 saturated carbocycles. The molecule has 3 aromatic carbocycles. The molecule has 6 aromatic rings. The van der Waals surface area contributed by atoms with Crippen molar-refractivity contribution in [1.29, 1.82) is 0 Å². The van der Waals surface area contributed by atoms with E-state index in [4.69, 9.17) is 13.3 Å². The van der Waals surface area contributed by atoms with Crippen LogP contribution < -0.4 is 16.0 Å². The SMILES string of the molecule is O=C(O)C(Cc1cccc2oc(CN(Cc3cc4c(CC(C(=O)O)[C@H]5CCNC5)cccc4o3)Cc3cc4c(CC(C(=O)O)[C@H]5CCNC5)cccc4o3)cc12)[C@H]1CCNC1. The molecule has 3 fully saturated rings. The fraction of sp³-hybridized carbons (Fsp3) is 0.438. The maximum Gasteiger partial charge on any atom is 0.307 e. The van der Waals surface area contributed by atoms with Gasteiger partial charge in [-0.2, -0.15) is 0 Å². The molecule has 13 heteroatoms. The zero-order chi connectivity index (χ0) is 42.0. The average Bonchev–Trinajstić information content (AvgIpc) is 4.09. The van der Waals surface area contributed by atoms with E-state index < -0.39 is 35.7 Å². The molecule has 3 aromatic heterocycles. The minimum atomic E-state index is -0.786. The lowest BCUT2D eigenvalue weighted by Gasteiger charge is -2.19. The van der Waals surface area contributed by atoms with E-state index in [1.807, 2.05) is 72.8 Å². The molecule has 320 valence electrons. The van der Waals surface area contributed by atoms with Crippen LogP contribution in [0.15, 0.2) is 86.0 Å². The normalized spacial score (nSPS) is 20.9. The first kappa shape index (κ1) is 40.9. The summed E-state index contributed by atoms with van der Waals surface area (Å²) >= 11 is 0. The Morgan fingerprint density at radius 2 is 0.836 bits per heavy atom. The summed E-state index contributed by atoms with van der Waals surface area (Å²) in [6, 6.07) is 23.5. The molecule has 0 amide bonds. The summed E-state index contributed by atoms with van der Waals surface area (Å²) in [6.07, 6.45) is 3.73. The molecular weight excluding hydrogens is 777 g/mol. The molecule has 3 aliphatic rings. The van der Waals surface area contributed by atoms with E-state index in [0.29, 0.717) is 92.6 Å². The third-order valence-electron chi connectivity index (χ3n) is 13.5. The second kappa shape index (κ2) is 17.9. The van der Waals surface area contributed by atoms with Crippen LogP contribution in [0, 0.1) is 35.5 Å². The lowest BCUT2D eigenvalue weighted by atomic mass is 9.85. The smallest absolute Gasteiger partial charge is 0.307 e. The van der Waals surface area contributed by atoms with Gasteiger partial charge in [0.15, 0.2) is 0 Å². The highest BCUT2D eigenvalue weighted by Gasteiger charge is 2.34. The second-order valence-corrected chi connectivity index (χ2v) is 17.5. The number of carboxylic acid groups (broad SMARTS) is 3. The van der Waals surface area contributed by atoms with E-state index in [1.54, 1.807) is 0 Å². The number of fused-ring (bicyclic) bond motifs is 3. The standard InChI is InChI=1S/C48H54N4O9/c53-46(54)40(31-10-13-49-22-31)16-28-4-1-7-43-37(28)19-34(59-43)25-52(26-35-20-38-29(5-2-8-44(38)60-35)17-41(47(55)56)32-11-14-50-23-32)27-36-21-39-30(6-3-9-45(39)61-36)18-42(48(57)58)33-12-15-51-24-33/h1-9,19-21,31-33,40-42,49-51H,10-18,22-27H2,(H,53,54)(H,55,56)(H,57,58)/t31-,32-,33-,40?,41?,42?/m0/s1. The Balaban J connectivity index is 1.02. The molecule has 9 rings (SSSR count). The molecule has 61 heavy (non-hydrogen) atoms. The van der Waals surface area contributed by atoms with Crippen molar-refractivity contribution >= 4 is 50.8 Å². The Hall–Kier alpha value is -5.47. The molecule has 0 spiro atoms. The summed E-state index contributed by atoms with van der Waals surface area (Å²) < 4.78 is 19.5. The maximum absolute atomic E-state index is 12.4. The van der Waals surface area contributed by atoms with Gasteiger partial charge in [-0.15, -0.1) is 0 Å². The van der Waals surface area contributed by atoms with Crippen LogP contribution in [0.3, 0.4) is 0 Å². The predicted octanol–water partition coefficient (Wildman–Crippen LogP) is 6.69. The van der Waals surface area contributed by atoms with Crippen LogP contribution in [0.4, 0.5) is 0 Å². The summed E-state index contributed by atoms with van der Waals surface area (Å²) in [5.41, 5.74) is 4.90. The van der Waals surface area contributed by atoms with Crippen molar-refractivity contribution < 1.29 is 43.0 Å². The molecule has 3 aliphatic heterocycles. The highest BCUT2D eigenvalue weighted by molar-refractivity contribution is 5.85. The number of carboxylic acids is 3. The number of rotatable bonds is 18. The molecule has 6 atom stereocenters. The molecule has 6 N–H and O–H groups in total. The monoisotopic (exact) mass is 830 g/mol. The molecule has 3 unspecified atom stereocenters. The number of hydrogen-bond acceptors (Lipinski definition) is 10. The van der Waals surface area contributed by atoms with Gasteiger partial charge in [-0.25, -0.2) is 0 Å². The van der Waals surface area contributed by atoms with Crippen LogP contribution in [0.1, 0.15) is 53.2 Å². The van der Waals surface area contributed by atoms with Crippen molar-refractivity contribution in [3.8, 4) is 0 Å². The van der Waals surface area contributed by atoms with Gasteiger partial charge in [-0.1, -0.05) is 36.4 Å². The number of aliphatic carboxylic acids is 3. The van der Waals surface area contributed by atoms with Gasteiger partial charge in [0.2, 0.25) is 0 Å². The molecule has 0 aliphatic carbocycles. The van der Waals surface area contributed by atoms with Crippen molar-refractivity contribution in [2.75, 3.05) is 39.3 Å². The van der Waals surface area contributed by atoms with E-state index in [-0.39, 0.29) is 17.8 Å². The zero-order valence-electron chi connectivity index (χ0n) is 34.2. The van der Waals surface area contributed by atoms with Gasteiger partial charge in [0.25, 0.3) is 0 Å². The lowest BCUT2D eigenvalue weighted by Crippen LogP contribution is -2.27. The minimum absolute atomic E-state index is 0.0627. The summed E-state index contributed by atoms with van der Waals surface area (Å²) in [4.78, 5) is 39.5. The van der Waals surface area contributed by atoms with E-state index in [9.17, 15) is 29.7 Å². The fourth-order valence-corrected chi connectivity index (χ4v) is 10.3. The van der Waals surface area contributed by atoms with Crippen LogP contribution in [-0.4, -0.2) is 77.4 Å². The Bertz CT molecular complexity index is 2240. The van der Waals surface area contributed by atoms with Gasteiger partial charge < -0.3 is 44.5 Å². The number of benzene rings is 3. The van der Waals surface area contributed by atoms with E-state index in [1.165, 1.54) is 0 Å². The van der Waals surface area contributed by atoms with E-state index >= 15 is 0 Å². The van der Waals surface area contributed by atoms with Gasteiger partial charge in [0.05, 0.1) is 37.4 Å². The van der Waals surface area contributed by atoms with Crippen molar-refractivity contribution in [2.24, 2.45) is 35.5 Å². The Morgan fingerprint density at radius 3 is 1.10 bits per heavy atom. The first-order chi connectivity index (χ1) is 29.7. The molecule has 0 bridgehead atoms. The Kier molecular flexibility index (Phi) is 12.0. The number of furan rings is 3. The quantitative estimate of drug-likeness (QED) is 0.0538. The third kappa shape index (κ3) is 8.97. The second-order valence-electron chi connectivity index (χ2n) is 17.5. The van der Waals surface area contributed by atoms with E-state index in [0.717, 1.165) is 71.7 Å². The minimum Gasteiger partial charge on any atom is -0.481 e. The summed E-state index contributed by atoms with van der Waals surface area (Å²) in [5, 5.41) is 43.3. The van der Waals surface area contributed by atoms with E-state index in [2.05, 4.69) is 20.9 Å². The third-order valence-corrected chi connectivity index (χ3v) is 13.5. The number of carbonyl (C=O) groups is 3. The zero-order valence-corrected chi connectivity index (χ0v) is 34.2.